The van der Waals surface area contributed by atoms with E-state index in [9.17, 15) is 9.59 Å². The number of carboxylic acids is 2. The van der Waals surface area contributed by atoms with Crippen molar-refractivity contribution in [3.05, 3.63) is 63.9 Å². The summed E-state index contributed by atoms with van der Waals surface area (Å²) in [4.78, 5) is 23.4. The summed E-state index contributed by atoms with van der Waals surface area (Å²) in [6.07, 6.45) is 9.34. The van der Waals surface area contributed by atoms with Gasteiger partial charge in [-0.25, -0.2) is 0 Å². The Labute approximate surface area is 168 Å². The lowest BCUT2D eigenvalue weighted by atomic mass is 9.96. The first-order valence-corrected chi connectivity index (χ1v) is 9.38. The fourth-order valence-electron chi connectivity index (χ4n) is 2.82. The molecule has 0 unspecified atom stereocenters. The van der Waals surface area contributed by atoms with E-state index in [1.807, 2.05) is 24.4 Å². The highest BCUT2D eigenvalue weighted by Gasteiger charge is 2.12. The molecule has 0 radical (unpaired) electrons. The molecule has 0 spiro atoms. The molecule has 6 nitrogen and oxygen atoms in total. The zero-order valence-electron chi connectivity index (χ0n) is 15.4. The average Bonchev–Trinajstić information content (AvgIpc) is 2.92. The minimum absolute atomic E-state index is 0.296. The van der Waals surface area contributed by atoms with Crippen LogP contribution < -0.4 is 5.32 Å². The average molecular weight is 403 g/mol. The minimum Gasteiger partial charge on any atom is -0.481 e. The number of halogens is 1. The topological polar surface area (TPSA) is 99.5 Å². The van der Waals surface area contributed by atoms with Gasteiger partial charge in [0.25, 0.3) is 0 Å². The molecule has 0 saturated carbocycles. The van der Waals surface area contributed by atoms with Gasteiger partial charge in [-0.15, -0.1) is 0 Å². The summed E-state index contributed by atoms with van der Waals surface area (Å²) in [5, 5.41) is 20.1. The molecule has 2 heterocycles. The standard InChI is InChI=1S/C17H17ClN2.C4H6O4/c18-17-6-4-14-7-10-19-11-8-15(14)16(17)5-3-13-2-1-9-20-12-13;5-3(6)1-2-4(7)8/h1-6,9,12,19H,7-8,10-11H2;1-2H2,(H,5,6)(H,7,8)/b5-3-;. The fourth-order valence-corrected chi connectivity index (χ4v) is 3.06. The number of carbonyl (C=O) groups is 2. The molecule has 3 N–H and O–H groups in total. The van der Waals surface area contributed by atoms with Gasteiger partial charge in [0.15, 0.2) is 0 Å². The number of benzene rings is 1. The van der Waals surface area contributed by atoms with Crippen LogP contribution >= 0.6 is 11.6 Å². The van der Waals surface area contributed by atoms with E-state index in [1.54, 1.807) is 6.20 Å². The first-order chi connectivity index (χ1) is 13.5. The van der Waals surface area contributed by atoms with Crippen LogP contribution in [0.25, 0.3) is 12.2 Å². The largest absolute Gasteiger partial charge is 0.481 e. The summed E-state index contributed by atoms with van der Waals surface area (Å²) in [5.74, 6) is -2.15. The van der Waals surface area contributed by atoms with Gasteiger partial charge in [-0.1, -0.05) is 35.9 Å². The normalized spacial score (nSPS) is 13.2. The van der Waals surface area contributed by atoms with Crippen LogP contribution in [0.15, 0.2) is 36.7 Å². The number of rotatable bonds is 5. The summed E-state index contributed by atoms with van der Waals surface area (Å²) in [7, 11) is 0. The Morgan fingerprint density at radius 1 is 1.07 bits per heavy atom. The Hall–Kier alpha value is -2.70. The van der Waals surface area contributed by atoms with E-state index in [0.717, 1.165) is 42.1 Å². The number of carboxylic acid groups (broad SMARTS) is 2. The summed E-state index contributed by atoms with van der Waals surface area (Å²) in [6, 6.07) is 8.15. The van der Waals surface area contributed by atoms with Crippen molar-refractivity contribution in [2.45, 2.75) is 25.7 Å². The van der Waals surface area contributed by atoms with E-state index in [1.165, 1.54) is 11.1 Å². The van der Waals surface area contributed by atoms with Crippen LogP contribution in [0.4, 0.5) is 0 Å². The first kappa shape index (κ1) is 21.6. The predicted molar refractivity (Wildman–Crippen MR) is 109 cm³/mol. The van der Waals surface area contributed by atoms with Crippen molar-refractivity contribution in [2.75, 3.05) is 13.1 Å². The molecule has 0 amide bonds. The molecule has 0 fully saturated rings. The van der Waals surface area contributed by atoms with Crippen molar-refractivity contribution in [3.8, 4) is 0 Å². The van der Waals surface area contributed by atoms with Gasteiger partial charge in [0.1, 0.15) is 0 Å². The highest BCUT2D eigenvalue weighted by atomic mass is 35.5. The minimum atomic E-state index is -1.08. The van der Waals surface area contributed by atoms with Crippen molar-refractivity contribution in [3.63, 3.8) is 0 Å². The van der Waals surface area contributed by atoms with Gasteiger partial charge < -0.3 is 15.5 Å². The van der Waals surface area contributed by atoms with E-state index in [-0.39, 0.29) is 12.8 Å². The second-order valence-electron chi connectivity index (χ2n) is 6.26. The Morgan fingerprint density at radius 2 is 1.79 bits per heavy atom. The lowest BCUT2D eigenvalue weighted by molar-refractivity contribution is -0.143. The third-order valence-electron chi connectivity index (χ3n) is 4.20. The lowest BCUT2D eigenvalue weighted by Crippen LogP contribution is -2.16. The van der Waals surface area contributed by atoms with Crippen molar-refractivity contribution in [1.29, 1.82) is 0 Å². The van der Waals surface area contributed by atoms with Crippen LogP contribution in [0.5, 0.6) is 0 Å². The van der Waals surface area contributed by atoms with Crippen LogP contribution in [0.3, 0.4) is 0 Å². The van der Waals surface area contributed by atoms with Crippen molar-refractivity contribution >= 4 is 35.7 Å². The van der Waals surface area contributed by atoms with Gasteiger partial charge in [-0.05, 0) is 60.3 Å². The monoisotopic (exact) mass is 402 g/mol. The zero-order chi connectivity index (χ0) is 20.4. The molecule has 28 heavy (non-hydrogen) atoms. The highest BCUT2D eigenvalue weighted by Crippen LogP contribution is 2.27. The molecule has 3 rings (SSSR count). The molecule has 7 heteroatoms. The Balaban J connectivity index is 0.000000300. The van der Waals surface area contributed by atoms with Crippen LogP contribution in [-0.4, -0.2) is 40.2 Å². The van der Waals surface area contributed by atoms with Gasteiger partial charge in [-0.3, -0.25) is 14.6 Å². The maximum Gasteiger partial charge on any atom is 0.303 e. The molecule has 0 saturated heterocycles. The molecule has 0 bridgehead atoms. The number of nitrogens with one attached hydrogen (secondary N) is 1. The predicted octanol–water partition coefficient (Wildman–Crippen LogP) is 3.53. The Kier molecular flexibility index (Phi) is 8.65. The molecule has 1 aromatic carbocycles. The van der Waals surface area contributed by atoms with E-state index in [4.69, 9.17) is 21.8 Å². The Bertz CT molecular complexity index is 824. The number of pyridine rings is 1. The van der Waals surface area contributed by atoms with E-state index in [0.29, 0.717) is 0 Å². The zero-order valence-corrected chi connectivity index (χ0v) is 16.2. The molecule has 2 aromatic rings. The smallest absolute Gasteiger partial charge is 0.303 e. The summed E-state index contributed by atoms with van der Waals surface area (Å²) >= 11 is 6.39. The molecule has 148 valence electrons. The summed E-state index contributed by atoms with van der Waals surface area (Å²) in [6.45, 7) is 2.06. The molecule has 0 aliphatic carbocycles. The fraction of sp³-hybridized carbons (Fsp3) is 0.286. The summed E-state index contributed by atoms with van der Waals surface area (Å²) < 4.78 is 0. The number of aliphatic carboxylic acids is 2. The molecular formula is C21H23ClN2O4. The third kappa shape index (κ3) is 7.13. The van der Waals surface area contributed by atoms with Crippen molar-refractivity contribution < 1.29 is 19.8 Å². The van der Waals surface area contributed by atoms with Gasteiger partial charge in [-0.2, -0.15) is 0 Å². The number of hydrogen-bond donors (Lipinski definition) is 3. The molecule has 0 atom stereocenters. The Morgan fingerprint density at radius 3 is 2.43 bits per heavy atom. The van der Waals surface area contributed by atoms with Gasteiger partial charge in [0.05, 0.1) is 12.8 Å². The van der Waals surface area contributed by atoms with Gasteiger partial charge in [0, 0.05) is 17.4 Å². The SMILES string of the molecule is Clc1ccc2c(c1/C=C\c1cccnc1)CCNCC2.O=C(O)CCC(=O)O. The van der Waals surface area contributed by atoms with Crippen molar-refractivity contribution in [1.82, 2.24) is 10.3 Å². The van der Waals surface area contributed by atoms with E-state index < -0.39 is 11.9 Å². The number of fused-ring (bicyclic) bond motifs is 1. The van der Waals surface area contributed by atoms with Crippen LogP contribution in [0.2, 0.25) is 5.02 Å². The van der Waals surface area contributed by atoms with E-state index in [2.05, 4.69) is 28.5 Å². The third-order valence-corrected chi connectivity index (χ3v) is 4.53. The second kappa shape index (κ2) is 11.2. The highest BCUT2D eigenvalue weighted by molar-refractivity contribution is 6.32. The van der Waals surface area contributed by atoms with Crippen LogP contribution in [0.1, 0.15) is 35.1 Å². The maximum absolute atomic E-state index is 9.64. The van der Waals surface area contributed by atoms with Crippen molar-refractivity contribution in [2.24, 2.45) is 0 Å². The number of nitrogens with zero attached hydrogens (tertiary/aromatic N) is 1. The molecular weight excluding hydrogens is 380 g/mol. The van der Waals surface area contributed by atoms with E-state index >= 15 is 0 Å². The molecule has 1 aliphatic heterocycles. The second-order valence-corrected chi connectivity index (χ2v) is 6.66. The van der Waals surface area contributed by atoms with Crippen LogP contribution in [0, 0.1) is 0 Å². The molecule has 1 aliphatic rings. The van der Waals surface area contributed by atoms with Gasteiger partial charge in [0.2, 0.25) is 0 Å². The lowest BCUT2D eigenvalue weighted by Gasteiger charge is -2.11. The first-order valence-electron chi connectivity index (χ1n) is 9.00. The summed E-state index contributed by atoms with van der Waals surface area (Å²) in [5.41, 5.74) is 5.03. The number of hydrogen-bond acceptors (Lipinski definition) is 4. The van der Waals surface area contributed by atoms with Gasteiger partial charge >= 0.3 is 11.9 Å². The quantitative estimate of drug-likeness (QED) is 0.707. The maximum atomic E-state index is 9.64. The number of aromatic nitrogens is 1. The van der Waals surface area contributed by atoms with Crippen LogP contribution in [-0.2, 0) is 22.4 Å². The molecule has 1 aromatic heterocycles.